The zero-order valence-electron chi connectivity index (χ0n) is 14.0. The number of amides is 1. The molecule has 0 spiro atoms. The number of anilines is 1. The number of aromatic nitrogens is 2. The molecule has 1 aromatic heterocycles. The fourth-order valence-corrected chi connectivity index (χ4v) is 1.66. The molecule has 0 aromatic carbocycles. The summed E-state index contributed by atoms with van der Waals surface area (Å²) in [6.07, 6.45) is 0.357. The summed E-state index contributed by atoms with van der Waals surface area (Å²) in [5, 5.41) is 5.89. The van der Waals surface area contributed by atoms with Gasteiger partial charge in [0.2, 0.25) is 5.88 Å². The molecule has 0 bridgehead atoms. The standard InChI is InChI=1S/C15H26N4O3/c1-6-21-13-10-12(18-11(2)19-13)16-8-7-9-17-14(20)22-15(3,4)5/h10H,6-9H2,1-5H3,(H,17,20)(H,16,18,19). The molecular weight excluding hydrogens is 284 g/mol. The predicted octanol–water partition coefficient (Wildman–Crippen LogP) is 2.51. The predicted molar refractivity (Wildman–Crippen MR) is 85.3 cm³/mol. The van der Waals surface area contributed by atoms with Crippen LogP contribution in [-0.4, -0.2) is 41.4 Å². The number of carbonyl (C=O) groups is 1. The summed E-state index contributed by atoms with van der Waals surface area (Å²) in [6, 6.07) is 1.76. The van der Waals surface area contributed by atoms with Crippen molar-refractivity contribution >= 4 is 11.9 Å². The van der Waals surface area contributed by atoms with Gasteiger partial charge in [0.05, 0.1) is 6.61 Å². The minimum atomic E-state index is -0.476. The highest BCUT2D eigenvalue weighted by Crippen LogP contribution is 2.13. The smallest absolute Gasteiger partial charge is 0.407 e. The summed E-state index contributed by atoms with van der Waals surface area (Å²) in [5.41, 5.74) is -0.476. The topological polar surface area (TPSA) is 85.4 Å². The van der Waals surface area contributed by atoms with Gasteiger partial charge in [-0.25, -0.2) is 9.78 Å². The quantitative estimate of drug-likeness (QED) is 0.753. The first kappa shape index (κ1) is 18.0. The van der Waals surface area contributed by atoms with E-state index >= 15 is 0 Å². The Hall–Kier alpha value is -2.05. The molecule has 1 rings (SSSR count). The van der Waals surface area contributed by atoms with Gasteiger partial charge in [0.25, 0.3) is 0 Å². The van der Waals surface area contributed by atoms with E-state index in [0.29, 0.717) is 37.2 Å². The van der Waals surface area contributed by atoms with E-state index in [1.165, 1.54) is 0 Å². The molecule has 22 heavy (non-hydrogen) atoms. The molecule has 0 unspecified atom stereocenters. The van der Waals surface area contributed by atoms with Crippen molar-refractivity contribution in [2.45, 2.75) is 46.6 Å². The molecule has 7 nitrogen and oxygen atoms in total. The first-order valence-electron chi connectivity index (χ1n) is 7.49. The van der Waals surface area contributed by atoms with Gasteiger partial charge in [0.1, 0.15) is 17.2 Å². The van der Waals surface area contributed by atoms with E-state index in [1.54, 1.807) is 6.07 Å². The van der Waals surface area contributed by atoms with Crippen LogP contribution in [0.2, 0.25) is 0 Å². The van der Waals surface area contributed by atoms with E-state index in [1.807, 2.05) is 34.6 Å². The molecule has 1 amide bonds. The molecule has 7 heteroatoms. The van der Waals surface area contributed by atoms with Gasteiger partial charge in [-0.3, -0.25) is 0 Å². The highest BCUT2D eigenvalue weighted by atomic mass is 16.6. The Morgan fingerprint density at radius 2 is 2.00 bits per heavy atom. The molecule has 0 saturated carbocycles. The second-order valence-electron chi connectivity index (χ2n) is 5.78. The molecule has 0 radical (unpaired) electrons. The fourth-order valence-electron chi connectivity index (χ4n) is 1.66. The fraction of sp³-hybridized carbons (Fsp3) is 0.667. The lowest BCUT2D eigenvalue weighted by Gasteiger charge is -2.19. The Bertz CT molecular complexity index is 486. The van der Waals surface area contributed by atoms with Crippen molar-refractivity contribution in [1.82, 2.24) is 15.3 Å². The monoisotopic (exact) mass is 310 g/mol. The molecule has 0 fully saturated rings. The van der Waals surface area contributed by atoms with Gasteiger partial charge in [0, 0.05) is 19.2 Å². The van der Waals surface area contributed by atoms with Crippen LogP contribution in [0, 0.1) is 6.92 Å². The van der Waals surface area contributed by atoms with Crippen LogP contribution in [0.1, 0.15) is 39.9 Å². The summed E-state index contributed by atoms with van der Waals surface area (Å²) in [6.45, 7) is 11.0. The van der Waals surface area contributed by atoms with Gasteiger partial charge in [-0.2, -0.15) is 4.98 Å². The average Bonchev–Trinajstić information content (AvgIpc) is 2.36. The van der Waals surface area contributed by atoms with Crippen molar-refractivity contribution in [3.05, 3.63) is 11.9 Å². The Morgan fingerprint density at radius 1 is 1.27 bits per heavy atom. The zero-order chi connectivity index (χ0) is 16.6. The van der Waals surface area contributed by atoms with E-state index in [-0.39, 0.29) is 0 Å². The molecule has 1 aromatic rings. The van der Waals surface area contributed by atoms with E-state index in [2.05, 4.69) is 20.6 Å². The van der Waals surface area contributed by atoms with Crippen molar-refractivity contribution in [2.75, 3.05) is 25.0 Å². The third-order valence-electron chi connectivity index (χ3n) is 2.43. The van der Waals surface area contributed by atoms with Crippen molar-refractivity contribution < 1.29 is 14.3 Å². The summed E-state index contributed by atoms with van der Waals surface area (Å²) in [7, 11) is 0. The Kier molecular flexibility index (Phi) is 6.88. The first-order chi connectivity index (χ1) is 10.3. The van der Waals surface area contributed by atoms with E-state index in [4.69, 9.17) is 9.47 Å². The van der Waals surface area contributed by atoms with E-state index in [0.717, 1.165) is 6.42 Å². The maximum absolute atomic E-state index is 11.5. The average molecular weight is 310 g/mol. The summed E-state index contributed by atoms with van der Waals surface area (Å²) in [5.74, 6) is 1.93. The van der Waals surface area contributed by atoms with E-state index in [9.17, 15) is 4.79 Å². The number of nitrogens with zero attached hydrogens (tertiary/aromatic N) is 2. The van der Waals surface area contributed by atoms with Crippen LogP contribution in [0.3, 0.4) is 0 Å². The highest BCUT2D eigenvalue weighted by molar-refractivity contribution is 5.67. The van der Waals surface area contributed by atoms with Crippen molar-refractivity contribution in [1.29, 1.82) is 0 Å². The summed E-state index contributed by atoms with van der Waals surface area (Å²) < 4.78 is 10.5. The number of aryl methyl sites for hydroxylation is 1. The lowest BCUT2D eigenvalue weighted by molar-refractivity contribution is 0.0528. The normalized spacial score (nSPS) is 11.0. The summed E-state index contributed by atoms with van der Waals surface area (Å²) in [4.78, 5) is 19.9. The van der Waals surface area contributed by atoms with Crippen LogP contribution in [0.4, 0.5) is 10.6 Å². The lowest BCUT2D eigenvalue weighted by Crippen LogP contribution is -2.33. The largest absolute Gasteiger partial charge is 0.478 e. The van der Waals surface area contributed by atoms with Gasteiger partial charge in [-0.05, 0) is 41.0 Å². The first-order valence-corrected chi connectivity index (χ1v) is 7.49. The maximum Gasteiger partial charge on any atom is 0.407 e. The number of hydrogen-bond acceptors (Lipinski definition) is 6. The van der Waals surface area contributed by atoms with Crippen LogP contribution in [0.5, 0.6) is 5.88 Å². The second-order valence-corrected chi connectivity index (χ2v) is 5.78. The van der Waals surface area contributed by atoms with Crippen LogP contribution in [-0.2, 0) is 4.74 Å². The van der Waals surface area contributed by atoms with Crippen LogP contribution in [0.15, 0.2) is 6.07 Å². The van der Waals surface area contributed by atoms with Crippen molar-refractivity contribution in [3.63, 3.8) is 0 Å². The molecule has 2 N–H and O–H groups in total. The summed E-state index contributed by atoms with van der Waals surface area (Å²) >= 11 is 0. The lowest BCUT2D eigenvalue weighted by atomic mass is 10.2. The van der Waals surface area contributed by atoms with Crippen LogP contribution >= 0.6 is 0 Å². The zero-order valence-corrected chi connectivity index (χ0v) is 14.0. The van der Waals surface area contributed by atoms with E-state index < -0.39 is 11.7 Å². The SMILES string of the molecule is CCOc1cc(NCCCNC(=O)OC(C)(C)C)nc(C)n1. The Morgan fingerprint density at radius 3 is 2.64 bits per heavy atom. The molecule has 0 saturated heterocycles. The molecule has 1 heterocycles. The third-order valence-corrected chi connectivity index (χ3v) is 2.43. The third kappa shape index (κ3) is 7.66. The van der Waals surface area contributed by atoms with Crippen LogP contribution < -0.4 is 15.4 Å². The van der Waals surface area contributed by atoms with Gasteiger partial charge in [0.15, 0.2) is 0 Å². The Labute approximate surface area is 131 Å². The number of nitrogens with one attached hydrogen (secondary N) is 2. The molecule has 0 aliphatic heterocycles. The number of alkyl carbamates (subject to hydrolysis) is 1. The van der Waals surface area contributed by atoms with Crippen LogP contribution in [0.25, 0.3) is 0 Å². The van der Waals surface area contributed by atoms with Crippen molar-refractivity contribution in [2.24, 2.45) is 0 Å². The molecule has 124 valence electrons. The minimum absolute atomic E-state index is 0.399. The Balaban J connectivity index is 2.29. The van der Waals surface area contributed by atoms with Gasteiger partial charge >= 0.3 is 6.09 Å². The van der Waals surface area contributed by atoms with Gasteiger partial charge < -0.3 is 20.1 Å². The van der Waals surface area contributed by atoms with Gasteiger partial charge in [-0.15, -0.1) is 0 Å². The highest BCUT2D eigenvalue weighted by Gasteiger charge is 2.15. The molecule has 0 aliphatic carbocycles. The number of ether oxygens (including phenoxy) is 2. The number of carbonyl (C=O) groups excluding carboxylic acids is 1. The van der Waals surface area contributed by atoms with Gasteiger partial charge in [-0.1, -0.05) is 0 Å². The van der Waals surface area contributed by atoms with Crippen molar-refractivity contribution in [3.8, 4) is 5.88 Å². The second kappa shape index (κ2) is 8.41. The minimum Gasteiger partial charge on any atom is -0.478 e. The maximum atomic E-state index is 11.5. The number of hydrogen-bond donors (Lipinski definition) is 2. The molecule has 0 aliphatic rings. The number of rotatable bonds is 7. The molecular formula is C15H26N4O3. The molecule has 0 atom stereocenters.